The second-order valence-electron chi connectivity index (χ2n) is 3.54. The fourth-order valence-electron chi connectivity index (χ4n) is 1.50. The van der Waals surface area contributed by atoms with Gasteiger partial charge in [-0.2, -0.15) is 5.26 Å². The van der Waals surface area contributed by atoms with Crippen LogP contribution in [0, 0.1) is 17.1 Å². The topological polar surface area (TPSA) is 74.0 Å². The molecule has 1 heterocycles. The minimum Gasteiger partial charge on any atom is -0.477 e. The Morgan fingerprint density at radius 3 is 2.67 bits per heavy atom. The molecule has 2 aromatic rings. The van der Waals surface area contributed by atoms with Gasteiger partial charge in [0.1, 0.15) is 11.5 Å². The number of aromatic carboxylic acids is 1. The van der Waals surface area contributed by atoms with Crippen molar-refractivity contribution in [1.29, 1.82) is 5.26 Å². The van der Waals surface area contributed by atoms with E-state index in [2.05, 4.69) is 4.98 Å². The summed E-state index contributed by atoms with van der Waals surface area (Å²) in [7, 11) is 0. The van der Waals surface area contributed by atoms with Crippen LogP contribution in [0.2, 0.25) is 0 Å². The van der Waals surface area contributed by atoms with Gasteiger partial charge in [-0.3, -0.25) is 0 Å². The Labute approximate surface area is 102 Å². The lowest BCUT2D eigenvalue weighted by Crippen LogP contribution is -1.99. The van der Waals surface area contributed by atoms with Crippen LogP contribution in [-0.4, -0.2) is 16.1 Å². The van der Waals surface area contributed by atoms with E-state index in [1.807, 2.05) is 6.07 Å². The lowest BCUT2D eigenvalue weighted by molar-refractivity contribution is 0.0690. The third kappa shape index (κ3) is 2.18. The third-order valence-corrected chi connectivity index (χ3v) is 2.39. The van der Waals surface area contributed by atoms with E-state index in [-0.39, 0.29) is 11.3 Å². The first kappa shape index (κ1) is 11.7. The Hall–Kier alpha value is -2.74. The standard InChI is InChI=1S/C13H7FN2O2/c14-11-3-1-8(6-15)5-10(11)9-2-4-12(13(17)18)16-7-9/h1-5,7H,(H,17,18). The third-order valence-electron chi connectivity index (χ3n) is 2.39. The maximum absolute atomic E-state index is 13.6. The molecule has 0 spiro atoms. The summed E-state index contributed by atoms with van der Waals surface area (Å²) in [6.45, 7) is 0. The molecule has 0 bridgehead atoms. The molecule has 0 fully saturated rings. The van der Waals surface area contributed by atoms with Gasteiger partial charge in [0.2, 0.25) is 0 Å². The minimum atomic E-state index is -1.15. The molecule has 5 heteroatoms. The summed E-state index contributed by atoms with van der Waals surface area (Å²) in [4.78, 5) is 14.3. The quantitative estimate of drug-likeness (QED) is 0.877. The van der Waals surface area contributed by atoms with Crippen LogP contribution >= 0.6 is 0 Å². The van der Waals surface area contributed by atoms with Crippen molar-refractivity contribution >= 4 is 5.97 Å². The van der Waals surface area contributed by atoms with Crippen molar-refractivity contribution < 1.29 is 14.3 Å². The van der Waals surface area contributed by atoms with Gasteiger partial charge in [0.05, 0.1) is 11.6 Å². The van der Waals surface area contributed by atoms with Gasteiger partial charge in [0.25, 0.3) is 0 Å². The lowest BCUT2D eigenvalue weighted by atomic mass is 10.0. The second-order valence-corrected chi connectivity index (χ2v) is 3.54. The van der Waals surface area contributed by atoms with Crippen LogP contribution in [0.25, 0.3) is 11.1 Å². The monoisotopic (exact) mass is 242 g/mol. The number of hydrogen-bond acceptors (Lipinski definition) is 3. The van der Waals surface area contributed by atoms with E-state index < -0.39 is 11.8 Å². The molecule has 18 heavy (non-hydrogen) atoms. The lowest BCUT2D eigenvalue weighted by Gasteiger charge is -2.03. The Balaban J connectivity index is 2.49. The van der Waals surface area contributed by atoms with Crippen LogP contribution < -0.4 is 0 Å². The molecular formula is C13H7FN2O2. The molecule has 0 saturated heterocycles. The summed E-state index contributed by atoms with van der Waals surface area (Å²) >= 11 is 0. The van der Waals surface area contributed by atoms with Crippen molar-refractivity contribution in [2.75, 3.05) is 0 Å². The number of aromatic nitrogens is 1. The first-order chi connectivity index (χ1) is 8.61. The van der Waals surface area contributed by atoms with E-state index >= 15 is 0 Å². The summed E-state index contributed by atoms with van der Waals surface area (Å²) in [5.41, 5.74) is 0.859. The van der Waals surface area contributed by atoms with Crippen LogP contribution in [0.5, 0.6) is 0 Å². The van der Waals surface area contributed by atoms with Crippen LogP contribution in [0.15, 0.2) is 36.5 Å². The predicted octanol–water partition coefficient (Wildman–Crippen LogP) is 2.46. The van der Waals surface area contributed by atoms with Crippen molar-refractivity contribution in [2.45, 2.75) is 0 Å². The number of rotatable bonds is 2. The predicted molar refractivity (Wildman–Crippen MR) is 61.3 cm³/mol. The van der Waals surface area contributed by atoms with Gasteiger partial charge in [-0.25, -0.2) is 14.2 Å². The molecule has 0 radical (unpaired) electrons. The first-order valence-electron chi connectivity index (χ1n) is 5.01. The van der Waals surface area contributed by atoms with Gasteiger partial charge in [-0.15, -0.1) is 0 Å². The molecular weight excluding hydrogens is 235 g/mol. The van der Waals surface area contributed by atoms with Gasteiger partial charge in [0, 0.05) is 17.3 Å². The van der Waals surface area contributed by atoms with Crippen molar-refractivity contribution in [1.82, 2.24) is 4.98 Å². The molecule has 1 N–H and O–H groups in total. The van der Waals surface area contributed by atoms with Crippen molar-refractivity contribution in [3.8, 4) is 17.2 Å². The highest BCUT2D eigenvalue weighted by Crippen LogP contribution is 2.23. The SMILES string of the molecule is N#Cc1ccc(F)c(-c2ccc(C(=O)O)nc2)c1. The Morgan fingerprint density at radius 1 is 1.33 bits per heavy atom. The molecule has 2 rings (SSSR count). The number of carboxylic acids is 1. The van der Waals surface area contributed by atoms with E-state index in [0.717, 1.165) is 0 Å². The van der Waals surface area contributed by atoms with Crippen molar-refractivity contribution in [3.05, 3.63) is 53.6 Å². The molecule has 0 saturated carbocycles. The number of carbonyl (C=O) groups is 1. The smallest absolute Gasteiger partial charge is 0.354 e. The zero-order valence-corrected chi connectivity index (χ0v) is 9.09. The normalized spacial score (nSPS) is 9.78. The number of nitriles is 1. The van der Waals surface area contributed by atoms with Crippen LogP contribution in [0.1, 0.15) is 16.1 Å². The fraction of sp³-hybridized carbons (Fsp3) is 0. The fourth-order valence-corrected chi connectivity index (χ4v) is 1.50. The average Bonchev–Trinajstić information content (AvgIpc) is 2.39. The number of benzene rings is 1. The van der Waals surface area contributed by atoms with Gasteiger partial charge in [-0.1, -0.05) is 6.07 Å². The average molecular weight is 242 g/mol. The molecule has 1 aromatic heterocycles. The molecule has 4 nitrogen and oxygen atoms in total. The summed E-state index contributed by atoms with van der Waals surface area (Å²) in [6.07, 6.45) is 1.27. The summed E-state index contributed by atoms with van der Waals surface area (Å²) in [6, 6.07) is 8.62. The van der Waals surface area contributed by atoms with E-state index in [1.54, 1.807) is 0 Å². The highest BCUT2D eigenvalue weighted by Gasteiger charge is 2.09. The van der Waals surface area contributed by atoms with E-state index in [0.29, 0.717) is 11.1 Å². The summed E-state index contributed by atoms with van der Waals surface area (Å²) < 4.78 is 13.6. The second kappa shape index (κ2) is 4.63. The summed E-state index contributed by atoms with van der Waals surface area (Å²) in [5, 5.41) is 17.5. The van der Waals surface area contributed by atoms with E-state index in [9.17, 15) is 9.18 Å². The number of pyridine rings is 1. The molecule has 1 aromatic carbocycles. The number of carboxylic acid groups (broad SMARTS) is 1. The van der Waals surface area contributed by atoms with Crippen molar-refractivity contribution in [3.63, 3.8) is 0 Å². The Bertz CT molecular complexity index is 645. The molecule has 0 unspecified atom stereocenters. The first-order valence-corrected chi connectivity index (χ1v) is 5.01. The van der Waals surface area contributed by atoms with Gasteiger partial charge in [0.15, 0.2) is 0 Å². The maximum atomic E-state index is 13.6. The molecule has 0 atom stereocenters. The largest absolute Gasteiger partial charge is 0.477 e. The van der Waals surface area contributed by atoms with Gasteiger partial charge < -0.3 is 5.11 Å². The maximum Gasteiger partial charge on any atom is 0.354 e. The number of hydrogen-bond donors (Lipinski definition) is 1. The van der Waals surface area contributed by atoms with Crippen LogP contribution in [0.3, 0.4) is 0 Å². The molecule has 0 aliphatic heterocycles. The zero-order valence-electron chi connectivity index (χ0n) is 9.09. The highest BCUT2D eigenvalue weighted by atomic mass is 19.1. The molecule has 0 amide bonds. The molecule has 0 aliphatic rings. The van der Waals surface area contributed by atoms with Crippen LogP contribution in [-0.2, 0) is 0 Å². The van der Waals surface area contributed by atoms with Crippen LogP contribution in [0.4, 0.5) is 4.39 Å². The van der Waals surface area contributed by atoms with Gasteiger partial charge >= 0.3 is 5.97 Å². The number of halogens is 1. The zero-order chi connectivity index (χ0) is 13.1. The molecule has 0 aliphatic carbocycles. The van der Waals surface area contributed by atoms with E-state index in [4.69, 9.17) is 10.4 Å². The van der Waals surface area contributed by atoms with E-state index in [1.165, 1.54) is 36.5 Å². The van der Waals surface area contributed by atoms with Gasteiger partial charge in [-0.05, 0) is 24.3 Å². The number of nitrogens with zero attached hydrogens (tertiary/aromatic N) is 2. The molecule has 88 valence electrons. The van der Waals surface area contributed by atoms with Crippen molar-refractivity contribution in [2.24, 2.45) is 0 Å². The highest BCUT2D eigenvalue weighted by molar-refractivity contribution is 5.85. The Kier molecular flexibility index (Phi) is 3.02. The minimum absolute atomic E-state index is 0.115. The Morgan fingerprint density at radius 2 is 2.11 bits per heavy atom. The summed E-state index contributed by atoms with van der Waals surface area (Å²) in [5.74, 6) is -1.63.